The van der Waals surface area contributed by atoms with Crippen LogP contribution in [0.1, 0.15) is 48.1 Å². The summed E-state index contributed by atoms with van der Waals surface area (Å²) in [6.45, 7) is -0.00643. The second-order valence-corrected chi connectivity index (χ2v) is 1.98. The predicted octanol–water partition coefficient (Wildman–Crippen LogP) is 2.40. The molecule has 0 aromatic carbocycles. The molecule has 1 heteroatoms. The van der Waals surface area contributed by atoms with E-state index in [-0.39, 0.29) is 6.42 Å². The van der Waals surface area contributed by atoms with Crippen molar-refractivity contribution < 1.29 is 13.0 Å². The minimum absolute atomic E-state index is 0.154. The molecule has 0 aliphatic rings. The molecule has 9 heavy (non-hydrogen) atoms. The number of rotatable bonds is 4. The molecule has 0 saturated carbocycles. The van der Waals surface area contributed by atoms with Crippen LogP contribution in [0, 0.1) is 5.89 Å². The van der Waals surface area contributed by atoms with Crippen LogP contribution in [0.15, 0.2) is 0 Å². The van der Waals surface area contributed by atoms with Crippen LogP contribution in [0.4, 0.5) is 0 Å². The van der Waals surface area contributed by atoms with Gasteiger partial charge >= 0.3 is 0 Å². The van der Waals surface area contributed by atoms with Crippen molar-refractivity contribution in [3.8, 4) is 0 Å². The summed E-state index contributed by atoms with van der Waals surface area (Å²) < 4.78 is 42.9. The molecule has 0 aliphatic heterocycles. The third-order valence-corrected chi connectivity index (χ3v) is 1.13. The lowest BCUT2D eigenvalue weighted by Gasteiger charge is -2.04. The van der Waals surface area contributed by atoms with Gasteiger partial charge in [-0.05, 0) is 6.42 Å². The van der Waals surface area contributed by atoms with E-state index in [4.69, 9.17) is 8.22 Å². The van der Waals surface area contributed by atoms with Crippen molar-refractivity contribution in [2.75, 3.05) is 0 Å². The highest BCUT2D eigenvalue weighted by molar-refractivity contribution is 5.80. The average Bonchev–Trinajstić information content (AvgIpc) is 2.00. The molecule has 0 N–H and O–H groups in total. The summed E-state index contributed by atoms with van der Waals surface area (Å²) >= 11 is 0. The molecule has 0 saturated heterocycles. The number of ketones is 1. The molecule has 0 radical (unpaired) electrons. The Bertz CT molecular complexity index is 242. The molecule has 1 nitrogen and oxygen atoms in total. The predicted molar refractivity (Wildman–Crippen MR) is 39.4 cm³/mol. The number of hydrogen-bond acceptors (Lipinski definition) is 1. The maximum absolute atomic E-state index is 11.6. The topological polar surface area (TPSA) is 17.1 Å². The largest absolute Gasteiger partial charge is 0.299 e. The third-order valence-electron chi connectivity index (χ3n) is 1.13. The lowest BCUT2D eigenvalue weighted by molar-refractivity contribution is -0.122. The average molecular weight is 134 g/mol. The molecule has 0 bridgehead atoms. The standard InChI is InChI=1S/C8H16O/c1-4-6-7(3)8(9)5-2/h7H,4-6H2,1-3H3/i2D3,5D2,7D. The first kappa shape index (κ1) is 2.73. The molecule has 54 valence electrons. The van der Waals surface area contributed by atoms with E-state index in [1.165, 1.54) is 6.92 Å². The van der Waals surface area contributed by atoms with Crippen LogP contribution in [-0.4, -0.2) is 5.78 Å². The Morgan fingerprint density at radius 3 is 3.11 bits per heavy atom. The minimum Gasteiger partial charge on any atom is -0.299 e. The van der Waals surface area contributed by atoms with Crippen LogP contribution < -0.4 is 0 Å². The van der Waals surface area contributed by atoms with Gasteiger partial charge in [0, 0.05) is 20.5 Å². The van der Waals surface area contributed by atoms with Gasteiger partial charge in [-0.3, -0.25) is 4.79 Å². The monoisotopic (exact) mass is 134 g/mol. The fourth-order valence-electron chi connectivity index (χ4n) is 0.595. The van der Waals surface area contributed by atoms with Crippen molar-refractivity contribution in [2.45, 2.75) is 39.9 Å². The van der Waals surface area contributed by atoms with E-state index in [1.54, 1.807) is 6.92 Å². The van der Waals surface area contributed by atoms with E-state index in [0.29, 0.717) is 6.42 Å². The summed E-state index contributed by atoms with van der Waals surface area (Å²) in [6.07, 6.45) is -2.26. The van der Waals surface area contributed by atoms with Gasteiger partial charge in [0.25, 0.3) is 0 Å². The lowest BCUT2D eigenvalue weighted by atomic mass is 10.00. The molecule has 1 unspecified atom stereocenters. The van der Waals surface area contributed by atoms with Crippen LogP contribution in [0.2, 0.25) is 0 Å². The molecule has 0 aromatic heterocycles. The van der Waals surface area contributed by atoms with Crippen LogP contribution in [0.5, 0.6) is 0 Å². The lowest BCUT2D eigenvalue weighted by Crippen LogP contribution is -2.08. The SMILES string of the molecule is [2H]C(C)(CCC)C(=O)C([2H])([2H])C([2H])([2H])[2H]. The summed E-state index contributed by atoms with van der Waals surface area (Å²) in [4.78, 5) is 11.6. The Balaban J connectivity index is 5.01. The van der Waals surface area contributed by atoms with Gasteiger partial charge in [-0.1, -0.05) is 27.1 Å². The molecule has 0 amide bonds. The van der Waals surface area contributed by atoms with Gasteiger partial charge < -0.3 is 0 Å². The second-order valence-electron chi connectivity index (χ2n) is 1.98. The van der Waals surface area contributed by atoms with Gasteiger partial charge in [0.1, 0.15) is 5.78 Å². The smallest absolute Gasteiger partial charge is 0.135 e. The fraction of sp³-hybridized carbons (Fsp3) is 0.875. The van der Waals surface area contributed by atoms with Gasteiger partial charge in [-0.25, -0.2) is 0 Å². The van der Waals surface area contributed by atoms with E-state index in [9.17, 15) is 4.79 Å². The number of carbonyl (C=O) groups excluding carboxylic acids is 1. The molecule has 0 rings (SSSR count). The van der Waals surface area contributed by atoms with Gasteiger partial charge in [-0.15, -0.1) is 0 Å². The van der Waals surface area contributed by atoms with E-state index in [0.717, 1.165) is 0 Å². The first-order chi connectivity index (χ1) is 6.47. The number of Topliss-reactive ketones (excluding diaryl/α,β-unsaturated/α-hetero) is 1. The zero-order valence-corrected chi connectivity index (χ0v) is 5.82. The Hall–Kier alpha value is -0.330. The van der Waals surface area contributed by atoms with E-state index in [2.05, 4.69) is 0 Å². The quantitative estimate of drug-likeness (QED) is 0.577. The second kappa shape index (κ2) is 4.54. The number of carbonyl (C=O) groups is 1. The Morgan fingerprint density at radius 1 is 2.00 bits per heavy atom. The highest BCUT2D eigenvalue weighted by Gasteiger charge is 2.07. The molecule has 0 aromatic rings. The molecule has 0 aliphatic carbocycles. The maximum Gasteiger partial charge on any atom is 0.135 e. The Labute approximate surface area is 65.9 Å². The van der Waals surface area contributed by atoms with Crippen molar-refractivity contribution in [3.63, 3.8) is 0 Å². The zero-order valence-electron chi connectivity index (χ0n) is 11.8. The van der Waals surface area contributed by atoms with Crippen molar-refractivity contribution in [1.29, 1.82) is 0 Å². The summed E-state index contributed by atoms with van der Waals surface area (Å²) in [7, 11) is 0. The highest BCUT2D eigenvalue weighted by Crippen LogP contribution is 2.07. The third kappa shape index (κ3) is 3.28. The summed E-state index contributed by atoms with van der Waals surface area (Å²) in [6, 6.07) is 0. The Kier molecular flexibility index (Phi) is 1.38. The molecule has 0 spiro atoms. The number of hydrogen-bond donors (Lipinski definition) is 0. The van der Waals surface area contributed by atoms with Crippen molar-refractivity contribution in [2.24, 2.45) is 5.89 Å². The Morgan fingerprint density at radius 2 is 2.67 bits per heavy atom. The molecular formula is C8H16O. The summed E-state index contributed by atoms with van der Waals surface area (Å²) in [5.41, 5.74) is 0. The minimum atomic E-state index is -3.01. The van der Waals surface area contributed by atoms with E-state index < -0.39 is 24.9 Å². The van der Waals surface area contributed by atoms with Crippen molar-refractivity contribution in [1.82, 2.24) is 0 Å². The van der Waals surface area contributed by atoms with Crippen molar-refractivity contribution >= 4 is 5.78 Å². The van der Waals surface area contributed by atoms with Gasteiger partial charge in [0.2, 0.25) is 0 Å². The normalized spacial score (nSPS) is 29.6. The van der Waals surface area contributed by atoms with Crippen LogP contribution in [-0.2, 0) is 4.79 Å². The van der Waals surface area contributed by atoms with Gasteiger partial charge in [-0.2, -0.15) is 0 Å². The molecular weight excluding hydrogens is 112 g/mol. The molecule has 0 fully saturated rings. The summed E-state index contributed by atoms with van der Waals surface area (Å²) in [5.74, 6) is -2.84. The fourth-order valence-corrected chi connectivity index (χ4v) is 0.595. The van der Waals surface area contributed by atoms with Crippen LogP contribution in [0.25, 0.3) is 0 Å². The zero-order chi connectivity index (χ0) is 12.5. The van der Waals surface area contributed by atoms with E-state index >= 15 is 0 Å². The van der Waals surface area contributed by atoms with Gasteiger partial charge in [0.05, 0.1) is 0 Å². The van der Waals surface area contributed by atoms with Crippen LogP contribution in [0.3, 0.4) is 0 Å². The summed E-state index contributed by atoms with van der Waals surface area (Å²) in [5, 5.41) is 0. The van der Waals surface area contributed by atoms with Crippen LogP contribution >= 0.6 is 0 Å². The maximum atomic E-state index is 11.6. The molecule has 0 heterocycles. The first-order valence-electron chi connectivity index (χ1n) is 6.01. The molecule has 1 atom stereocenters. The highest BCUT2D eigenvalue weighted by atomic mass is 16.1. The first-order valence-corrected chi connectivity index (χ1v) is 3.01. The van der Waals surface area contributed by atoms with Gasteiger partial charge in [0.15, 0.2) is 0 Å². The van der Waals surface area contributed by atoms with E-state index in [1.807, 2.05) is 0 Å². The van der Waals surface area contributed by atoms with Crippen molar-refractivity contribution in [3.05, 3.63) is 0 Å².